The zero-order valence-electron chi connectivity index (χ0n) is 8.98. The van der Waals surface area contributed by atoms with Gasteiger partial charge in [-0.3, -0.25) is 4.79 Å². The highest BCUT2D eigenvalue weighted by molar-refractivity contribution is 5.85. The van der Waals surface area contributed by atoms with E-state index in [-0.39, 0.29) is 18.4 Å². The minimum absolute atomic E-state index is 0.135. The van der Waals surface area contributed by atoms with Gasteiger partial charge in [0.05, 0.1) is 0 Å². The van der Waals surface area contributed by atoms with Gasteiger partial charge in [0.25, 0.3) is 0 Å². The summed E-state index contributed by atoms with van der Waals surface area (Å²) in [6.07, 6.45) is 2.31. The molecule has 15 heavy (non-hydrogen) atoms. The third-order valence-electron chi connectivity index (χ3n) is 2.85. The van der Waals surface area contributed by atoms with Crippen molar-refractivity contribution in [2.45, 2.75) is 32.2 Å². The van der Waals surface area contributed by atoms with Crippen LogP contribution in [0.25, 0.3) is 0 Å². The number of rotatable bonds is 3. The number of hydrogen-bond acceptors (Lipinski definition) is 3. The Balaban J connectivity index is 2.71. The molecule has 1 heterocycles. The maximum absolute atomic E-state index is 11.8. The van der Waals surface area contributed by atoms with Gasteiger partial charge in [-0.25, -0.2) is 4.79 Å². The van der Waals surface area contributed by atoms with E-state index in [9.17, 15) is 9.59 Å². The van der Waals surface area contributed by atoms with E-state index in [0.29, 0.717) is 13.0 Å². The molecule has 0 saturated carbocycles. The van der Waals surface area contributed by atoms with Crippen molar-refractivity contribution in [2.24, 2.45) is 11.7 Å². The zero-order chi connectivity index (χ0) is 11.4. The first-order valence-corrected chi connectivity index (χ1v) is 5.31. The Labute approximate surface area is 89.2 Å². The van der Waals surface area contributed by atoms with E-state index in [1.54, 1.807) is 6.92 Å². The average molecular weight is 214 g/mol. The number of amides is 1. The second kappa shape index (κ2) is 5.11. The summed E-state index contributed by atoms with van der Waals surface area (Å²) in [5.74, 6) is -1.33. The van der Waals surface area contributed by atoms with E-state index in [0.717, 1.165) is 12.8 Å². The molecule has 0 aliphatic carbocycles. The van der Waals surface area contributed by atoms with Crippen molar-refractivity contribution in [3.05, 3.63) is 0 Å². The fraction of sp³-hybridized carbons (Fsp3) is 0.800. The minimum Gasteiger partial charge on any atom is -0.480 e. The van der Waals surface area contributed by atoms with E-state index in [2.05, 4.69) is 0 Å². The van der Waals surface area contributed by atoms with Crippen molar-refractivity contribution in [3.63, 3.8) is 0 Å². The molecule has 2 atom stereocenters. The van der Waals surface area contributed by atoms with Crippen LogP contribution in [0.2, 0.25) is 0 Å². The standard InChI is InChI=1S/C10H18N2O3/c1-7(6-11)9(13)12-5-3-2-4-8(12)10(14)15/h7-8H,2-6,11H2,1H3,(H,14,15). The number of carbonyl (C=O) groups is 2. The summed E-state index contributed by atoms with van der Waals surface area (Å²) in [6.45, 7) is 2.54. The lowest BCUT2D eigenvalue weighted by atomic mass is 10.00. The van der Waals surface area contributed by atoms with Gasteiger partial charge in [0.1, 0.15) is 6.04 Å². The Kier molecular flexibility index (Phi) is 4.08. The number of nitrogens with zero attached hydrogens (tertiary/aromatic N) is 1. The van der Waals surface area contributed by atoms with Crippen LogP contribution in [0, 0.1) is 5.92 Å². The summed E-state index contributed by atoms with van der Waals surface area (Å²) in [7, 11) is 0. The summed E-state index contributed by atoms with van der Waals surface area (Å²) in [5.41, 5.74) is 5.41. The number of likely N-dealkylation sites (tertiary alicyclic amines) is 1. The number of carboxylic acid groups (broad SMARTS) is 1. The monoisotopic (exact) mass is 214 g/mol. The van der Waals surface area contributed by atoms with Gasteiger partial charge in [0, 0.05) is 19.0 Å². The van der Waals surface area contributed by atoms with E-state index < -0.39 is 12.0 Å². The summed E-state index contributed by atoms with van der Waals surface area (Å²) >= 11 is 0. The van der Waals surface area contributed by atoms with E-state index in [4.69, 9.17) is 10.8 Å². The molecular formula is C10H18N2O3. The quantitative estimate of drug-likeness (QED) is 0.695. The molecule has 0 aromatic heterocycles. The Morgan fingerprint density at radius 1 is 1.53 bits per heavy atom. The van der Waals surface area contributed by atoms with Gasteiger partial charge < -0.3 is 15.7 Å². The first-order valence-electron chi connectivity index (χ1n) is 5.31. The molecule has 0 radical (unpaired) electrons. The van der Waals surface area contributed by atoms with Crippen LogP contribution in [-0.4, -0.2) is 41.0 Å². The van der Waals surface area contributed by atoms with Crippen LogP contribution in [0.5, 0.6) is 0 Å². The van der Waals surface area contributed by atoms with Gasteiger partial charge in [-0.1, -0.05) is 6.92 Å². The molecule has 1 amide bonds. The molecule has 0 spiro atoms. The normalized spacial score (nSPS) is 23.6. The van der Waals surface area contributed by atoms with Gasteiger partial charge in [-0.2, -0.15) is 0 Å². The topological polar surface area (TPSA) is 83.6 Å². The Hall–Kier alpha value is -1.10. The van der Waals surface area contributed by atoms with Crippen molar-refractivity contribution < 1.29 is 14.7 Å². The number of aliphatic carboxylic acids is 1. The summed E-state index contributed by atoms with van der Waals surface area (Å²) in [6, 6.07) is -0.653. The lowest BCUT2D eigenvalue weighted by Crippen LogP contribution is -2.50. The highest BCUT2D eigenvalue weighted by atomic mass is 16.4. The molecule has 5 heteroatoms. The maximum Gasteiger partial charge on any atom is 0.326 e. The SMILES string of the molecule is CC(CN)C(=O)N1CCCCC1C(=O)O. The van der Waals surface area contributed by atoms with Crippen LogP contribution in [0.1, 0.15) is 26.2 Å². The highest BCUT2D eigenvalue weighted by Gasteiger charge is 2.33. The smallest absolute Gasteiger partial charge is 0.326 e. The molecule has 1 aliphatic heterocycles. The first-order chi connectivity index (χ1) is 7.07. The minimum atomic E-state index is -0.910. The molecule has 2 unspecified atom stereocenters. The van der Waals surface area contributed by atoms with Gasteiger partial charge in [-0.15, -0.1) is 0 Å². The molecule has 1 fully saturated rings. The number of hydrogen-bond donors (Lipinski definition) is 2. The predicted molar refractivity (Wildman–Crippen MR) is 55.2 cm³/mol. The van der Waals surface area contributed by atoms with Crippen LogP contribution in [0.3, 0.4) is 0 Å². The van der Waals surface area contributed by atoms with Crippen LogP contribution in [-0.2, 0) is 9.59 Å². The second-order valence-corrected chi connectivity index (χ2v) is 4.02. The van der Waals surface area contributed by atoms with Gasteiger partial charge in [0.2, 0.25) is 5.91 Å². The lowest BCUT2D eigenvalue weighted by Gasteiger charge is -2.34. The van der Waals surface area contributed by atoms with Crippen LogP contribution >= 0.6 is 0 Å². The average Bonchev–Trinajstić information content (AvgIpc) is 2.27. The molecule has 5 nitrogen and oxygen atoms in total. The van der Waals surface area contributed by atoms with Crippen molar-refractivity contribution in [2.75, 3.05) is 13.1 Å². The maximum atomic E-state index is 11.8. The van der Waals surface area contributed by atoms with Gasteiger partial charge in [0.15, 0.2) is 0 Å². The molecule has 1 rings (SSSR count). The molecule has 0 aromatic carbocycles. The number of carbonyl (C=O) groups excluding carboxylic acids is 1. The second-order valence-electron chi connectivity index (χ2n) is 4.02. The van der Waals surface area contributed by atoms with Crippen molar-refractivity contribution in [3.8, 4) is 0 Å². The Morgan fingerprint density at radius 2 is 2.20 bits per heavy atom. The molecule has 0 aromatic rings. The van der Waals surface area contributed by atoms with Crippen LogP contribution in [0.15, 0.2) is 0 Å². The molecule has 0 bridgehead atoms. The van der Waals surface area contributed by atoms with E-state index in [1.165, 1.54) is 4.90 Å². The van der Waals surface area contributed by atoms with Crippen molar-refractivity contribution >= 4 is 11.9 Å². The largest absolute Gasteiger partial charge is 0.480 e. The van der Waals surface area contributed by atoms with E-state index >= 15 is 0 Å². The van der Waals surface area contributed by atoms with Gasteiger partial charge in [-0.05, 0) is 19.3 Å². The number of nitrogens with two attached hydrogens (primary N) is 1. The third kappa shape index (κ3) is 2.68. The summed E-state index contributed by atoms with van der Waals surface area (Å²) in [4.78, 5) is 24.2. The summed E-state index contributed by atoms with van der Waals surface area (Å²) < 4.78 is 0. The third-order valence-corrected chi connectivity index (χ3v) is 2.85. The van der Waals surface area contributed by atoms with Crippen LogP contribution in [0.4, 0.5) is 0 Å². The van der Waals surface area contributed by atoms with Gasteiger partial charge >= 0.3 is 5.97 Å². The van der Waals surface area contributed by atoms with Crippen molar-refractivity contribution in [1.29, 1.82) is 0 Å². The van der Waals surface area contributed by atoms with Crippen molar-refractivity contribution in [1.82, 2.24) is 4.90 Å². The molecule has 1 saturated heterocycles. The van der Waals surface area contributed by atoms with E-state index in [1.807, 2.05) is 0 Å². The highest BCUT2D eigenvalue weighted by Crippen LogP contribution is 2.19. The molecule has 86 valence electrons. The molecule has 3 N–H and O–H groups in total. The summed E-state index contributed by atoms with van der Waals surface area (Å²) in [5, 5.41) is 8.99. The molecular weight excluding hydrogens is 196 g/mol. The van der Waals surface area contributed by atoms with Crippen LogP contribution < -0.4 is 5.73 Å². The molecule has 1 aliphatic rings. The first kappa shape index (κ1) is 12.0. The Bertz CT molecular complexity index is 255. The fourth-order valence-electron chi connectivity index (χ4n) is 1.84. The predicted octanol–water partition coefficient (Wildman–Crippen LogP) is 0.0469. The lowest BCUT2D eigenvalue weighted by molar-refractivity contribution is -0.153. The Morgan fingerprint density at radius 3 is 2.73 bits per heavy atom. The number of carboxylic acids is 1. The zero-order valence-corrected chi connectivity index (χ0v) is 8.98. The number of piperidine rings is 1. The fourth-order valence-corrected chi connectivity index (χ4v) is 1.84.